The lowest BCUT2D eigenvalue weighted by Gasteiger charge is -2.37. The number of rotatable bonds is 3. The molecule has 0 spiro atoms. The molecule has 2 fully saturated rings. The molecule has 0 aromatic heterocycles. The van der Waals surface area contributed by atoms with Crippen molar-refractivity contribution in [2.45, 2.75) is 36.5 Å². The summed E-state index contributed by atoms with van der Waals surface area (Å²) in [5, 5.41) is 4.66. The molecule has 7 heteroatoms. The summed E-state index contributed by atoms with van der Waals surface area (Å²) in [4.78, 5) is 14.8. The summed E-state index contributed by atoms with van der Waals surface area (Å²) in [5.41, 5.74) is -0.0496. The Bertz CT molecular complexity index is 661. The highest BCUT2D eigenvalue weighted by atomic mass is 32.2. The third kappa shape index (κ3) is 3.13. The molecular weight excluding hydrogens is 316 g/mol. The van der Waals surface area contributed by atoms with Crippen LogP contribution in [0.3, 0.4) is 0 Å². The van der Waals surface area contributed by atoms with Gasteiger partial charge in [0, 0.05) is 19.7 Å². The van der Waals surface area contributed by atoms with E-state index in [-0.39, 0.29) is 5.91 Å². The first-order chi connectivity index (χ1) is 10.9. The maximum absolute atomic E-state index is 13.1. The molecule has 6 nitrogen and oxygen atoms in total. The van der Waals surface area contributed by atoms with Crippen molar-refractivity contribution in [2.24, 2.45) is 5.14 Å². The average Bonchev–Trinajstić information content (AvgIpc) is 3.05. The van der Waals surface area contributed by atoms with Gasteiger partial charge in [0.2, 0.25) is 10.0 Å². The van der Waals surface area contributed by atoms with E-state index >= 15 is 0 Å². The molecule has 2 aliphatic heterocycles. The number of benzene rings is 1. The number of hydrogen-bond acceptors (Lipinski definition) is 4. The van der Waals surface area contributed by atoms with Crippen LogP contribution < -0.4 is 5.14 Å². The van der Waals surface area contributed by atoms with Gasteiger partial charge in [0.1, 0.15) is 0 Å². The monoisotopic (exact) mass is 338 g/mol. The fraction of sp³-hybridized carbons (Fsp3) is 0.562. The van der Waals surface area contributed by atoms with Gasteiger partial charge in [-0.2, -0.15) is 0 Å². The standard InChI is InChI=1S/C16H22N2O4S/c17-23(20,21)14-7-10-18(11-8-14)15(19)16(9-4-12-22-16)13-5-2-1-3-6-13/h1-3,5-6,14H,4,7-12H2,(H2,17,20,21). The normalized spacial score (nSPS) is 26.4. The lowest BCUT2D eigenvalue weighted by molar-refractivity contribution is -0.155. The molecule has 1 amide bonds. The summed E-state index contributed by atoms with van der Waals surface area (Å²) in [7, 11) is -3.53. The molecular formula is C16H22N2O4S. The van der Waals surface area contributed by atoms with Gasteiger partial charge in [0.05, 0.1) is 5.25 Å². The van der Waals surface area contributed by atoms with Crippen molar-refractivity contribution in [1.82, 2.24) is 4.90 Å². The Balaban J connectivity index is 1.79. The van der Waals surface area contributed by atoms with Crippen LogP contribution in [0.25, 0.3) is 0 Å². The van der Waals surface area contributed by atoms with Crippen LogP contribution in [-0.4, -0.2) is 44.2 Å². The Hall–Kier alpha value is -1.44. The molecule has 1 aromatic carbocycles. The van der Waals surface area contributed by atoms with Gasteiger partial charge in [-0.25, -0.2) is 13.6 Å². The molecule has 1 atom stereocenters. The molecule has 1 aromatic rings. The number of ether oxygens (including phenoxy) is 1. The zero-order valence-corrected chi connectivity index (χ0v) is 13.8. The van der Waals surface area contributed by atoms with Crippen molar-refractivity contribution in [1.29, 1.82) is 0 Å². The molecule has 0 radical (unpaired) electrons. The fourth-order valence-electron chi connectivity index (χ4n) is 3.51. The average molecular weight is 338 g/mol. The van der Waals surface area contributed by atoms with E-state index in [0.29, 0.717) is 39.0 Å². The molecule has 0 saturated carbocycles. The maximum Gasteiger partial charge on any atom is 0.259 e. The number of nitrogens with two attached hydrogens (primary N) is 1. The third-order valence-corrected chi connectivity index (χ3v) is 6.20. The topological polar surface area (TPSA) is 89.7 Å². The minimum absolute atomic E-state index is 0.0610. The van der Waals surface area contributed by atoms with Gasteiger partial charge in [-0.15, -0.1) is 0 Å². The molecule has 2 aliphatic rings. The van der Waals surface area contributed by atoms with Crippen LogP contribution in [0.15, 0.2) is 30.3 Å². The Morgan fingerprint density at radius 2 is 1.87 bits per heavy atom. The zero-order chi connectivity index (χ0) is 16.5. The summed E-state index contributed by atoms with van der Waals surface area (Å²) in [6.07, 6.45) is 2.27. The largest absolute Gasteiger partial charge is 0.360 e. The van der Waals surface area contributed by atoms with Gasteiger partial charge < -0.3 is 9.64 Å². The SMILES string of the molecule is NS(=O)(=O)C1CCN(C(=O)C2(c3ccccc3)CCCO2)CC1. The molecule has 2 heterocycles. The first kappa shape index (κ1) is 16.4. The van der Waals surface area contributed by atoms with E-state index in [1.807, 2.05) is 30.3 Å². The first-order valence-electron chi connectivity index (χ1n) is 7.94. The van der Waals surface area contributed by atoms with Crippen molar-refractivity contribution in [3.8, 4) is 0 Å². The maximum atomic E-state index is 13.1. The predicted octanol–water partition coefficient (Wildman–Crippen LogP) is 0.972. The lowest BCUT2D eigenvalue weighted by atomic mass is 9.88. The second-order valence-electron chi connectivity index (χ2n) is 6.23. The van der Waals surface area contributed by atoms with Gasteiger partial charge in [-0.3, -0.25) is 4.79 Å². The Kier molecular flexibility index (Phi) is 4.44. The molecule has 3 rings (SSSR count). The van der Waals surface area contributed by atoms with Crippen molar-refractivity contribution >= 4 is 15.9 Å². The highest BCUT2D eigenvalue weighted by Gasteiger charge is 2.47. The van der Waals surface area contributed by atoms with Gasteiger partial charge in [-0.05, 0) is 31.2 Å². The molecule has 1 unspecified atom stereocenters. The number of hydrogen-bond donors (Lipinski definition) is 1. The summed E-state index contributed by atoms with van der Waals surface area (Å²) in [6, 6.07) is 9.55. The number of carbonyl (C=O) groups is 1. The van der Waals surface area contributed by atoms with E-state index in [1.54, 1.807) is 4.90 Å². The van der Waals surface area contributed by atoms with Crippen LogP contribution in [0.2, 0.25) is 0 Å². The summed E-state index contributed by atoms with van der Waals surface area (Å²) in [6.45, 7) is 1.37. The van der Waals surface area contributed by atoms with E-state index in [4.69, 9.17) is 9.88 Å². The number of sulfonamides is 1. The summed E-state index contributed by atoms with van der Waals surface area (Å²) >= 11 is 0. The van der Waals surface area contributed by atoms with Crippen LogP contribution >= 0.6 is 0 Å². The number of primary sulfonamides is 1. The van der Waals surface area contributed by atoms with Gasteiger partial charge in [0.15, 0.2) is 5.60 Å². The fourth-order valence-corrected chi connectivity index (χ4v) is 4.38. The third-order valence-electron chi connectivity index (χ3n) is 4.80. The molecule has 23 heavy (non-hydrogen) atoms. The number of likely N-dealkylation sites (tertiary alicyclic amines) is 1. The van der Waals surface area contributed by atoms with Crippen LogP contribution in [0, 0.1) is 0 Å². The number of nitrogens with zero attached hydrogens (tertiary/aromatic N) is 1. The van der Waals surface area contributed by atoms with E-state index < -0.39 is 20.9 Å². The van der Waals surface area contributed by atoms with E-state index in [1.165, 1.54) is 0 Å². The Labute approximate surface area is 136 Å². The minimum atomic E-state index is -3.53. The van der Waals surface area contributed by atoms with Gasteiger partial charge >= 0.3 is 0 Å². The second kappa shape index (κ2) is 6.22. The van der Waals surface area contributed by atoms with Gasteiger partial charge in [0.25, 0.3) is 5.91 Å². The minimum Gasteiger partial charge on any atom is -0.360 e. The molecule has 0 aliphatic carbocycles. The molecule has 126 valence electrons. The van der Waals surface area contributed by atoms with Crippen molar-refractivity contribution < 1.29 is 17.9 Å². The molecule has 2 N–H and O–H groups in total. The van der Waals surface area contributed by atoms with Gasteiger partial charge in [-0.1, -0.05) is 30.3 Å². The number of piperidine rings is 1. The van der Waals surface area contributed by atoms with Crippen molar-refractivity contribution in [2.75, 3.05) is 19.7 Å². The summed E-state index contributed by atoms with van der Waals surface area (Å²) in [5.74, 6) is -0.0610. The smallest absolute Gasteiger partial charge is 0.259 e. The Morgan fingerprint density at radius 3 is 2.39 bits per heavy atom. The summed E-state index contributed by atoms with van der Waals surface area (Å²) < 4.78 is 28.8. The van der Waals surface area contributed by atoms with Crippen LogP contribution in [0.5, 0.6) is 0 Å². The highest BCUT2D eigenvalue weighted by molar-refractivity contribution is 7.89. The molecule has 0 bridgehead atoms. The van der Waals surface area contributed by atoms with E-state index in [9.17, 15) is 13.2 Å². The number of amides is 1. The van der Waals surface area contributed by atoms with Crippen molar-refractivity contribution in [3.05, 3.63) is 35.9 Å². The van der Waals surface area contributed by atoms with Crippen LogP contribution in [0.1, 0.15) is 31.2 Å². The first-order valence-corrected chi connectivity index (χ1v) is 9.55. The van der Waals surface area contributed by atoms with E-state index in [2.05, 4.69) is 0 Å². The lowest BCUT2D eigenvalue weighted by Crippen LogP contribution is -2.51. The quantitative estimate of drug-likeness (QED) is 0.889. The number of carbonyl (C=O) groups excluding carboxylic acids is 1. The van der Waals surface area contributed by atoms with E-state index in [0.717, 1.165) is 12.0 Å². The Morgan fingerprint density at radius 1 is 1.22 bits per heavy atom. The van der Waals surface area contributed by atoms with Crippen LogP contribution in [0.4, 0.5) is 0 Å². The second-order valence-corrected chi connectivity index (χ2v) is 8.07. The predicted molar refractivity (Wildman–Crippen MR) is 86.0 cm³/mol. The zero-order valence-electron chi connectivity index (χ0n) is 13.0. The highest BCUT2D eigenvalue weighted by Crippen LogP contribution is 2.38. The van der Waals surface area contributed by atoms with Crippen LogP contribution in [-0.2, 0) is 25.2 Å². The van der Waals surface area contributed by atoms with Crippen molar-refractivity contribution in [3.63, 3.8) is 0 Å². The molecule has 2 saturated heterocycles.